The fraction of sp³-hybridized carbons (Fsp3) is 0.227. The van der Waals surface area contributed by atoms with Crippen LogP contribution in [0.25, 0.3) is 16.7 Å². The van der Waals surface area contributed by atoms with Crippen molar-refractivity contribution in [1.29, 1.82) is 0 Å². The summed E-state index contributed by atoms with van der Waals surface area (Å²) in [6, 6.07) is 14.1. The average molecular weight is 467 g/mol. The van der Waals surface area contributed by atoms with Gasteiger partial charge >= 0.3 is 6.03 Å². The Balaban J connectivity index is 1.75. The fourth-order valence-electron chi connectivity index (χ4n) is 3.47. The molecule has 4 rings (SSSR count). The first-order chi connectivity index (χ1) is 16.0. The van der Waals surface area contributed by atoms with Gasteiger partial charge < -0.3 is 10.1 Å². The summed E-state index contributed by atoms with van der Waals surface area (Å²) < 4.78 is 8.72. The van der Waals surface area contributed by atoms with Crippen molar-refractivity contribution in [3.8, 4) is 5.75 Å². The molecule has 0 fully saturated rings. The van der Waals surface area contributed by atoms with E-state index >= 15 is 0 Å². The Morgan fingerprint density at radius 2 is 1.85 bits per heavy atom. The molecule has 0 saturated carbocycles. The summed E-state index contributed by atoms with van der Waals surface area (Å²) in [5.41, 5.74) is 1.24. The summed E-state index contributed by atoms with van der Waals surface area (Å²) in [6.45, 7) is 2.41. The molecule has 33 heavy (non-hydrogen) atoms. The standard InChI is InChI=1S/C22H22N6O4S/c1-3-23-20(31)24-18(29)13-33-22-26-25-21-27(12-14-8-4-7-11-17(14)32-2)19(30)15-9-5-6-10-16(15)28(21)22/h4-11H,3,12-13H2,1-2H3,(H2,23,24,29,31). The van der Waals surface area contributed by atoms with Gasteiger partial charge in [-0.15, -0.1) is 10.2 Å². The van der Waals surface area contributed by atoms with Crippen molar-refractivity contribution in [2.45, 2.75) is 18.6 Å². The zero-order valence-electron chi connectivity index (χ0n) is 18.1. The van der Waals surface area contributed by atoms with Gasteiger partial charge in [0.1, 0.15) is 5.75 Å². The summed E-state index contributed by atoms with van der Waals surface area (Å²) in [5.74, 6) is 0.496. The predicted octanol–water partition coefficient (Wildman–Crippen LogP) is 2.04. The van der Waals surface area contributed by atoms with E-state index in [1.807, 2.05) is 30.3 Å². The number of nitrogens with one attached hydrogen (secondary N) is 2. The van der Waals surface area contributed by atoms with Crippen molar-refractivity contribution < 1.29 is 14.3 Å². The molecular weight excluding hydrogens is 444 g/mol. The van der Waals surface area contributed by atoms with Gasteiger partial charge in [-0.25, -0.2) is 4.79 Å². The highest BCUT2D eigenvalue weighted by Gasteiger charge is 2.19. The Labute approximate surface area is 193 Å². The highest BCUT2D eigenvalue weighted by atomic mass is 32.2. The SMILES string of the molecule is CCNC(=O)NC(=O)CSc1nnc2n(Cc3ccccc3OC)c(=O)c3ccccc3n12. The van der Waals surface area contributed by atoms with Crippen molar-refractivity contribution in [2.24, 2.45) is 0 Å². The van der Waals surface area contributed by atoms with Crippen LogP contribution < -0.4 is 20.9 Å². The van der Waals surface area contributed by atoms with Crippen molar-refractivity contribution in [3.63, 3.8) is 0 Å². The zero-order chi connectivity index (χ0) is 23.4. The Hall–Kier alpha value is -3.86. The summed E-state index contributed by atoms with van der Waals surface area (Å²) >= 11 is 1.13. The number of fused-ring (bicyclic) bond motifs is 3. The predicted molar refractivity (Wildman–Crippen MR) is 125 cm³/mol. The maximum atomic E-state index is 13.3. The van der Waals surface area contributed by atoms with E-state index in [1.165, 1.54) is 4.57 Å². The number of methoxy groups -OCH3 is 1. The number of para-hydroxylation sites is 2. The highest BCUT2D eigenvalue weighted by molar-refractivity contribution is 7.99. The van der Waals surface area contributed by atoms with E-state index in [-0.39, 0.29) is 17.9 Å². The van der Waals surface area contributed by atoms with Gasteiger partial charge in [-0.2, -0.15) is 0 Å². The molecule has 0 atom stereocenters. The number of ether oxygens (including phenoxy) is 1. The number of hydrogen-bond acceptors (Lipinski definition) is 7. The van der Waals surface area contributed by atoms with E-state index in [2.05, 4.69) is 20.8 Å². The van der Waals surface area contributed by atoms with Crippen molar-refractivity contribution in [3.05, 3.63) is 64.4 Å². The fourth-order valence-corrected chi connectivity index (χ4v) is 4.21. The van der Waals surface area contributed by atoms with Gasteiger partial charge in [-0.1, -0.05) is 42.1 Å². The highest BCUT2D eigenvalue weighted by Crippen LogP contribution is 2.23. The van der Waals surface area contributed by atoms with Crippen LogP contribution in [0.1, 0.15) is 12.5 Å². The van der Waals surface area contributed by atoms with E-state index in [4.69, 9.17) is 4.74 Å². The van der Waals surface area contributed by atoms with Gasteiger partial charge in [-0.3, -0.25) is 23.9 Å². The molecule has 170 valence electrons. The number of nitrogens with zero attached hydrogens (tertiary/aromatic N) is 4. The van der Waals surface area contributed by atoms with Crippen LogP contribution in [-0.2, 0) is 11.3 Å². The summed E-state index contributed by atoms with van der Waals surface area (Å²) in [5, 5.41) is 14.2. The summed E-state index contributed by atoms with van der Waals surface area (Å²) in [6.07, 6.45) is 0. The minimum Gasteiger partial charge on any atom is -0.496 e. The Morgan fingerprint density at radius 1 is 1.09 bits per heavy atom. The molecule has 0 aliphatic heterocycles. The Kier molecular flexibility index (Phi) is 6.59. The van der Waals surface area contributed by atoms with Gasteiger partial charge in [0.25, 0.3) is 5.56 Å². The first kappa shape index (κ1) is 22.3. The maximum Gasteiger partial charge on any atom is 0.321 e. The zero-order valence-corrected chi connectivity index (χ0v) is 18.9. The lowest BCUT2D eigenvalue weighted by Gasteiger charge is -2.13. The van der Waals surface area contributed by atoms with Crippen molar-refractivity contribution >= 4 is 40.4 Å². The number of benzene rings is 2. The number of rotatable bonds is 7. The molecule has 2 heterocycles. The molecule has 4 aromatic rings. The van der Waals surface area contributed by atoms with Crippen LogP contribution in [0.4, 0.5) is 4.79 Å². The van der Waals surface area contributed by atoms with Gasteiger partial charge in [0, 0.05) is 12.1 Å². The van der Waals surface area contributed by atoms with Gasteiger partial charge in [0.15, 0.2) is 5.16 Å². The van der Waals surface area contributed by atoms with Crippen LogP contribution >= 0.6 is 11.8 Å². The molecule has 0 bridgehead atoms. The number of amides is 3. The average Bonchev–Trinajstić information content (AvgIpc) is 3.25. The molecular formula is C22H22N6O4S. The van der Waals surface area contributed by atoms with Gasteiger partial charge in [0.2, 0.25) is 11.7 Å². The van der Waals surface area contributed by atoms with E-state index < -0.39 is 11.9 Å². The molecule has 10 nitrogen and oxygen atoms in total. The van der Waals surface area contributed by atoms with Crippen molar-refractivity contribution in [1.82, 2.24) is 29.8 Å². The van der Waals surface area contributed by atoms with Crippen LogP contribution in [0.15, 0.2) is 58.5 Å². The first-order valence-corrected chi connectivity index (χ1v) is 11.2. The van der Waals surface area contributed by atoms with Gasteiger partial charge in [0.05, 0.1) is 30.3 Å². The molecule has 0 saturated heterocycles. The van der Waals surface area contributed by atoms with E-state index in [0.29, 0.717) is 34.1 Å². The number of hydrogen-bond donors (Lipinski definition) is 2. The number of imide groups is 1. The monoisotopic (exact) mass is 466 g/mol. The van der Waals surface area contributed by atoms with Crippen molar-refractivity contribution in [2.75, 3.05) is 19.4 Å². The molecule has 0 aliphatic rings. The second-order valence-corrected chi connectivity index (χ2v) is 7.98. The first-order valence-electron chi connectivity index (χ1n) is 10.2. The molecule has 11 heteroatoms. The number of urea groups is 1. The number of carbonyl (C=O) groups excluding carboxylic acids is 2. The third-order valence-electron chi connectivity index (χ3n) is 4.92. The van der Waals surface area contributed by atoms with E-state index in [0.717, 1.165) is 17.3 Å². The number of aromatic nitrogens is 4. The Morgan fingerprint density at radius 3 is 2.64 bits per heavy atom. The normalized spacial score (nSPS) is 11.0. The third kappa shape index (κ3) is 4.53. The molecule has 2 aromatic heterocycles. The molecule has 0 aliphatic carbocycles. The topological polar surface area (TPSA) is 120 Å². The minimum atomic E-state index is -0.551. The number of carbonyl (C=O) groups is 2. The lowest BCUT2D eigenvalue weighted by Crippen LogP contribution is -2.40. The lowest BCUT2D eigenvalue weighted by atomic mass is 10.2. The molecule has 0 spiro atoms. The van der Waals surface area contributed by atoms with Crippen LogP contribution in [-0.4, -0.2) is 50.5 Å². The second-order valence-electron chi connectivity index (χ2n) is 7.03. The summed E-state index contributed by atoms with van der Waals surface area (Å²) in [7, 11) is 1.58. The largest absolute Gasteiger partial charge is 0.496 e. The van der Waals surface area contributed by atoms with E-state index in [9.17, 15) is 14.4 Å². The molecule has 0 radical (unpaired) electrons. The smallest absolute Gasteiger partial charge is 0.321 e. The van der Waals surface area contributed by atoms with Gasteiger partial charge in [-0.05, 0) is 25.1 Å². The van der Waals surface area contributed by atoms with Crippen LogP contribution in [0, 0.1) is 0 Å². The molecule has 0 unspecified atom stereocenters. The van der Waals surface area contributed by atoms with Crippen LogP contribution in [0.2, 0.25) is 0 Å². The second kappa shape index (κ2) is 9.74. The van der Waals surface area contributed by atoms with E-state index in [1.54, 1.807) is 36.6 Å². The lowest BCUT2D eigenvalue weighted by molar-refractivity contribution is -0.117. The minimum absolute atomic E-state index is 0.0438. The summed E-state index contributed by atoms with van der Waals surface area (Å²) in [4.78, 5) is 37.0. The molecule has 3 amide bonds. The Bertz CT molecular complexity index is 1400. The van der Waals surface area contributed by atoms with Crippen LogP contribution in [0.5, 0.6) is 5.75 Å². The molecule has 2 N–H and O–H groups in total. The molecule has 2 aromatic carbocycles. The number of thioether (sulfide) groups is 1. The maximum absolute atomic E-state index is 13.3. The van der Waals surface area contributed by atoms with Crippen LogP contribution in [0.3, 0.4) is 0 Å². The third-order valence-corrected chi connectivity index (χ3v) is 5.85. The quantitative estimate of drug-likeness (QED) is 0.400.